The van der Waals surface area contributed by atoms with Crippen LogP contribution < -0.4 is 16.4 Å². The largest absolute Gasteiger partial charge is 0.508 e. The van der Waals surface area contributed by atoms with Gasteiger partial charge in [-0.2, -0.15) is 0 Å². The fourth-order valence-electron chi connectivity index (χ4n) is 3.00. The number of hydrogen-bond acceptors (Lipinski definition) is 7. The second-order valence-corrected chi connectivity index (χ2v) is 7.12. The molecule has 3 rings (SSSR count). The summed E-state index contributed by atoms with van der Waals surface area (Å²) in [6.07, 6.45) is 0.690. The number of phenolic OH excluding ortho intramolecular Hbond substituents is 1. The highest BCUT2D eigenvalue weighted by Crippen LogP contribution is 2.13. The topological polar surface area (TPSA) is 143 Å². The maximum Gasteiger partial charge on any atom is 0.337 e. The van der Waals surface area contributed by atoms with E-state index in [1.807, 2.05) is 30.3 Å². The Morgan fingerprint density at radius 2 is 1.77 bits per heavy atom. The minimum atomic E-state index is -0.837. The molecule has 0 aliphatic carbocycles. The van der Waals surface area contributed by atoms with E-state index in [-0.39, 0.29) is 31.2 Å². The van der Waals surface area contributed by atoms with Gasteiger partial charge in [0.1, 0.15) is 5.75 Å². The highest BCUT2D eigenvalue weighted by Gasteiger charge is 2.29. The summed E-state index contributed by atoms with van der Waals surface area (Å²) in [6, 6.07) is 14.3. The number of phenols is 1. The molecule has 1 aliphatic rings. The molecule has 31 heavy (non-hydrogen) atoms. The summed E-state index contributed by atoms with van der Waals surface area (Å²) in [7, 11) is 0. The monoisotopic (exact) mass is 424 g/mol. The van der Waals surface area contributed by atoms with Gasteiger partial charge in [-0.3, -0.25) is 9.59 Å². The van der Waals surface area contributed by atoms with Crippen LogP contribution in [0.25, 0.3) is 0 Å². The zero-order chi connectivity index (χ0) is 22.2. The summed E-state index contributed by atoms with van der Waals surface area (Å²) in [5.74, 6) is -1.13. The van der Waals surface area contributed by atoms with Crippen molar-refractivity contribution in [2.24, 2.45) is 10.7 Å². The second kappa shape index (κ2) is 10.4. The van der Waals surface area contributed by atoms with Gasteiger partial charge in [0.05, 0.1) is 19.1 Å². The van der Waals surface area contributed by atoms with Crippen LogP contribution in [0.2, 0.25) is 0 Å². The van der Waals surface area contributed by atoms with Gasteiger partial charge < -0.3 is 26.2 Å². The zero-order valence-corrected chi connectivity index (χ0v) is 16.8. The number of benzene rings is 2. The van der Waals surface area contributed by atoms with Gasteiger partial charge in [-0.1, -0.05) is 42.5 Å². The first-order valence-corrected chi connectivity index (χ1v) is 9.81. The maximum absolute atomic E-state index is 12.1. The number of nitrogens with two attached hydrogens (primary N) is 1. The Kier molecular flexibility index (Phi) is 7.34. The van der Waals surface area contributed by atoms with Crippen LogP contribution in [0.3, 0.4) is 0 Å². The lowest BCUT2D eigenvalue weighted by Crippen LogP contribution is -2.46. The van der Waals surface area contributed by atoms with Gasteiger partial charge in [0.2, 0.25) is 17.7 Å². The summed E-state index contributed by atoms with van der Waals surface area (Å²) in [5, 5.41) is 14.3. The summed E-state index contributed by atoms with van der Waals surface area (Å²) < 4.78 is 5.11. The molecule has 2 aromatic rings. The van der Waals surface area contributed by atoms with Crippen molar-refractivity contribution in [1.82, 2.24) is 10.6 Å². The molecule has 0 saturated heterocycles. The van der Waals surface area contributed by atoms with Crippen LogP contribution in [-0.4, -0.2) is 54.0 Å². The molecule has 0 bridgehead atoms. The number of esters is 1. The molecule has 0 aromatic heterocycles. The molecule has 2 aromatic carbocycles. The molecule has 0 fully saturated rings. The van der Waals surface area contributed by atoms with Crippen LogP contribution in [0.4, 0.5) is 0 Å². The predicted octanol–water partition coefficient (Wildman–Crippen LogP) is 0.0610. The smallest absolute Gasteiger partial charge is 0.337 e. The molecule has 0 spiro atoms. The lowest BCUT2D eigenvalue weighted by molar-refractivity contribution is -0.135. The van der Waals surface area contributed by atoms with E-state index in [0.29, 0.717) is 6.42 Å². The van der Waals surface area contributed by atoms with E-state index in [0.717, 1.165) is 11.1 Å². The second-order valence-electron chi connectivity index (χ2n) is 7.12. The molecule has 0 saturated carbocycles. The first kappa shape index (κ1) is 22.0. The van der Waals surface area contributed by atoms with Gasteiger partial charge in [-0.25, -0.2) is 9.79 Å². The van der Waals surface area contributed by atoms with Crippen molar-refractivity contribution >= 4 is 23.7 Å². The number of amides is 2. The van der Waals surface area contributed by atoms with E-state index in [2.05, 4.69) is 15.6 Å². The fraction of sp³-hybridized carbons (Fsp3) is 0.273. The van der Waals surface area contributed by atoms with Crippen LogP contribution in [0.15, 0.2) is 59.6 Å². The molecule has 1 unspecified atom stereocenters. The van der Waals surface area contributed by atoms with E-state index >= 15 is 0 Å². The van der Waals surface area contributed by atoms with E-state index in [9.17, 15) is 19.5 Å². The van der Waals surface area contributed by atoms with Crippen molar-refractivity contribution in [2.45, 2.75) is 24.9 Å². The minimum absolute atomic E-state index is 0.0503. The first-order chi connectivity index (χ1) is 14.9. The van der Waals surface area contributed by atoms with Gasteiger partial charge in [0.15, 0.2) is 6.04 Å². The van der Waals surface area contributed by atoms with Crippen molar-refractivity contribution in [1.29, 1.82) is 0 Å². The molecule has 2 amide bonds. The number of aromatic hydroxyl groups is 1. The Balaban J connectivity index is 1.39. The summed E-state index contributed by atoms with van der Waals surface area (Å²) in [4.78, 5) is 40.2. The molecular weight excluding hydrogens is 400 g/mol. The third-order valence-electron chi connectivity index (χ3n) is 4.65. The van der Waals surface area contributed by atoms with Crippen molar-refractivity contribution in [3.8, 4) is 5.75 Å². The fourth-order valence-corrected chi connectivity index (χ4v) is 3.00. The first-order valence-electron chi connectivity index (χ1n) is 9.81. The predicted molar refractivity (Wildman–Crippen MR) is 113 cm³/mol. The number of nitrogens with one attached hydrogen (secondary N) is 2. The van der Waals surface area contributed by atoms with E-state index in [1.165, 1.54) is 12.1 Å². The molecule has 0 radical (unpaired) electrons. The summed E-state index contributed by atoms with van der Waals surface area (Å²) in [6.45, 7) is -0.317. The number of carbonyl (C=O) groups is 3. The van der Waals surface area contributed by atoms with Crippen molar-refractivity contribution in [3.63, 3.8) is 0 Å². The lowest BCUT2D eigenvalue weighted by Gasteiger charge is -2.12. The molecule has 162 valence electrons. The summed E-state index contributed by atoms with van der Waals surface area (Å²) >= 11 is 0. The van der Waals surface area contributed by atoms with E-state index < -0.39 is 29.9 Å². The Hall–Kier alpha value is -3.72. The Morgan fingerprint density at radius 3 is 2.48 bits per heavy atom. The number of hydrogen-bond donors (Lipinski definition) is 4. The molecule has 1 aliphatic heterocycles. The number of cyclic esters (lactones) is 1. The normalized spacial score (nSPS) is 16.2. The van der Waals surface area contributed by atoms with Gasteiger partial charge in [0.25, 0.3) is 0 Å². The molecule has 5 N–H and O–H groups in total. The maximum atomic E-state index is 12.1. The molecule has 9 nitrogen and oxygen atoms in total. The standard InChI is InChI=1S/C22H24N4O5/c23-17(10-15-6-8-16(27)9-7-15)21(29)25-12-19(28)24-13-20-26-18(22(30)31-20)11-14-4-2-1-3-5-14/h1-9,17-18,27H,10-13,23H2,(H,24,28)(H,25,29)/t17-,18?/m0/s1. The number of carbonyl (C=O) groups excluding carboxylic acids is 3. The minimum Gasteiger partial charge on any atom is -0.508 e. The Labute approximate surface area is 179 Å². The quantitative estimate of drug-likeness (QED) is 0.419. The summed E-state index contributed by atoms with van der Waals surface area (Å²) in [5.41, 5.74) is 7.61. The van der Waals surface area contributed by atoms with Gasteiger partial charge in [-0.05, 0) is 29.7 Å². The van der Waals surface area contributed by atoms with Crippen LogP contribution in [0, 0.1) is 0 Å². The van der Waals surface area contributed by atoms with Crippen LogP contribution in [-0.2, 0) is 32.0 Å². The SMILES string of the molecule is N[C@@H](Cc1ccc(O)cc1)C(=O)NCC(=O)NCC1=NC(Cc2ccccc2)C(=O)O1. The van der Waals surface area contributed by atoms with Crippen molar-refractivity contribution < 1.29 is 24.2 Å². The highest BCUT2D eigenvalue weighted by atomic mass is 16.6. The van der Waals surface area contributed by atoms with Crippen LogP contribution in [0.5, 0.6) is 5.75 Å². The average Bonchev–Trinajstić information content (AvgIpc) is 3.12. The lowest BCUT2D eigenvalue weighted by atomic mass is 10.1. The third-order valence-corrected chi connectivity index (χ3v) is 4.65. The molecule has 1 heterocycles. The number of nitrogens with zero attached hydrogens (tertiary/aromatic N) is 1. The molecule has 2 atom stereocenters. The highest BCUT2D eigenvalue weighted by molar-refractivity contribution is 5.99. The van der Waals surface area contributed by atoms with Crippen molar-refractivity contribution in [3.05, 3.63) is 65.7 Å². The Bertz CT molecular complexity index is 960. The number of aliphatic imine (C=N–C) groups is 1. The van der Waals surface area contributed by atoms with Crippen molar-refractivity contribution in [2.75, 3.05) is 13.1 Å². The number of rotatable bonds is 9. The van der Waals surface area contributed by atoms with Crippen LogP contribution >= 0.6 is 0 Å². The van der Waals surface area contributed by atoms with Gasteiger partial charge in [0, 0.05) is 6.42 Å². The Morgan fingerprint density at radius 1 is 1.06 bits per heavy atom. The average molecular weight is 424 g/mol. The van der Waals surface area contributed by atoms with Gasteiger partial charge in [-0.15, -0.1) is 0 Å². The molecule has 9 heteroatoms. The third kappa shape index (κ3) is 6.65. The molecular formula is C22H24N4O5. The zero-order valence-electron chi connectivity index (χ0n) is 16.8. The number of ether oxygens (including phenoxy) is 1. The van der Waals surface area contributed by atoms with Crippen LogP contribution in [0.1, 0.15) is 11.1 Å². The van der Waals surface area contributed by atoms with E-state index in [1.54, 1.807) is 12.1 Å². The van der Waals surface area contributed by atoms with Gasteiger partial charge >= 0.3 is 5.97 Å². The van der Waals surface area contributed by atoms with E-state index in [4.69, 9.17) is 10.5 Å².